The zero-order valence-corrected chi connectivity index (χ0v) is 13.1. The standard InChI is InChI=1S/C14H21FN2.2ClH/c1-3-14(17-9-7-16-8-10-17)12-5-4-6-13(15)11(12)2;;/h4-6,14,16H,3,7-10H2,1-2H3;2*1H/t14-;;/m0../s1. The first kappa shape index (κ1) is 18.7. The number of rotatable bonds is 3. The highest BCUT2D eigenvalue weighted by molar-refractivity contribution is 5.85. The SMILES string of the molecule is CC[C@@H](c1cccc(F)c1C)N1CCNCC1.Cl.Cl. The van der Waals surface area contributed by atoms with Crippen molar-refractivity contribution in [1.29, 1.82) is 0 Å². The first-order valence-corrected chi connectivity index (χ1v) is 6.43. The molecule has 1 aromatic carbocycles. The van der Waals surface area contributed by atoms with Crippen molar-refractivity contribution >= 4 is 24.8 Å². The van der Waals surface area contributed by atoms with E-state index < -0.39 is 0 Å². The maximum absolute atomic E-state index is 13.6. The highest BCUT2D eigenvalue weighted by Gasteiger charge is 2.22. The number of nitrogens with one attached hydrogen (secondary N) is 1. The van der Waals surface area contributed by atoms with Crippen molar-refractivity contribution < 1.29 is 4.39 Å². The monoisotopic (exact) mass is 308 g/mol. The van der Waals surface area contributed by atoms with Gasteiger partial charge in [-0.3, -0.25) is 4.90 Å². The van der Waals surface area contributed by atoms with Crippen molar-refractivity contribution in [3.8, 4) is 0 Å². The molecule has 0 bridgehead atoms. The molecule has 1 aliphatic rings. The number of hydrogen-bond acceptors (Lipinski definition) is 2. The Morgan fingerprint density at radius 1 is 1.26 bits per heavy atom. The summed E-state index contributed by atoms with van der Waals surface area (Å²) in [5.41, 5.74) is 1.95. The van der Waals surface area contributed by atoms with Gasteiger partial charge in [0.25, 0.3) is 0 Å². The Morgan fingerprint density at radius 2 is 1.89 bits per heavy atom. The van der Waals surface area contributed by atoms with Crippen LogP contribution >= 0.6 is 24.8 Å². The van der Waals surface area contributed by atoms with Crippen LogP contribution in [0.3, 0.4) is 0 Å². The van der Waals surface area contributed by atoms with Gasteiger partial charge in [-0.1, -0.05) is 19.1 Å². The van der Waals surface area contributed by atoms with Crippen molar-refractivity contribution in [2.24, 2.45) is 0 Å². The minimum atomic E-state index is -0.0870. The van der Waals surface area contributed by atoms with E-state index in [9.17, 15) is 4.39 Å². The lowest BCUT2D eigenvalue weighted by Crippen LogP contribution is -2.45. The number of nitrogens with zero attached hydrogens (tertiary/aromatic N) is 1. The maximum Gasteiger partial charge on any atom is 0.126 e. The summed E-state index contributed by atoms with van der Waals surface area (Å²) in [6, 6.07) is 5.79. The lowest BCUT2D eigenvalue weighted by Gasteiger charge is -2.35. The van der Waals surface area contributed by atoms with Gasteiger partial charge in [-0.05, 0) is 30.5 Å². The molecule has 110 valence electrons. The third-order valence-corrected chi connectivity index (χ3v) is 3.65. The van der Waals surface area contributed by atoms with E-state index in [1.165, 1.54) is 0 Å². The van der Waals surface area contributed by atoms with Crippen molar-refractivity contribution in [2.75, 3.05) is 26.2 Å². The second kappa shape index (κ2) is 8.75. The second-order valence-corrected chi connectivity index (χ2v) is 4.66. The van der Waals surface area contributed by atoms with E-state index in [1.54, 1.807) is 6.07 Å². The highest BCUT2D eigenvalue weighted by Crippen LogP contribution is 2.28. The smallest absolute Gasteiger partial charge is 0.126 e. The molecular formula is C14H23Cl2FN2. The fourth-order valence-corrected chi connectivity index (χ4v) is 2.65. The van der Waals surface area contributed by atoms with Crippen LogP contribution in [0.2, 0.25) is 0 Å². The van der Waals surface area contributed by atoms with Crippen molar-refractivity contribution in [2.45, 2.75) is 26.3 Å². The molecule has 2 nitrogen and oxygen atoms in total. The molecule has 0 spiro atoms. The summed E-state index contributed by atoms with van der Waals surface area (Å²) in [5.74, 6) is -0.0870. The molecule has 1 fully saturated rings. The molecule has 5 heteroatoms. The summed E-state index contributed by atoms with van der Waals surface area (Å²) in [4.78, 5) is 2.46. The molecular weight excluding hydrogens is 286 g/mol. The first-order valence-electron chi connectivity index (χ1n) is 6.43. The molecule has 1 atom stereocenters. The molecule has 0 amide bonds. The van der Waals surface area contributed by atoms with Crippen LogP contribution in [-0.2, 0) is 0 Å². The molecule has 0 radical (unpaired) electrons. The Kier molecular flexibility index (Phi) is 8.59. The van der Waals surface area contributed by atoms with E-state index in [0.717, 1.165) is 43.7 Å². The Morgan fingerprint density at radius 3 is 2.47 bits per heavy atom. The van der Waals surface area contributed by atoms with Gasteiger partial charge < -0.3 is 5.32 Å². The summed E-state index contributed by atoms with van der Waals surface area (Å²) < 4.78 is 13.6. The van der Waals surface area contributed by atoms with Crippen LogP contribution in [0.25, 0.3) is 0 Å². The molecule has 1 heterocycles. The topological polar surface area (TPSA) is 15.3 Å². The van der Waals surface area contributed by atoms with Gasteiger partial charge in [0, 0.05) is 32.2 Å². The minimum absolute atomic E-state index is 0. The molecule has 1 N–H and O–H groups in total. The van der Waals surface area contributed by atoms with Gasteiger partial charge in [0.1, 0.15) is 5.82 Å². The third-order valence-electron chi connectivity index (χ3n) is 3.65. The molecule has 19 heavy (non-hydrogen) atoms. The van der Waals surface area contributed by atoms with E-state index in [0.29, 0.717) is 6.04 Å². The molecule has 0 saturated carbocycles. The van der Waals surface area contributed by atoms with Crippen LogP contribution in [0, 0.1) is 12.7 Å². The van der Waals surface area contributed by atoms with Gasteiger partial charge >= 0.3 is 0 Å². The van der Waals surface area contributed by atoms with Gasteiger partial charge in [-0.25, -0.2) is 4.39 Å². The molecule has 0 unspecified atom stereocenters. The number of benzene rings is 1. The van der Waals surface area contributed by atoms with Crippen molar-refractivity contribution in [3.05, 3.63) is 35.1 Å². The molecule has 0 aromatic heterocycles. The quantitative estimate of drug-likeness (QED) is 0.921. The average Bonchev–Trinajstić information content (AvgIpc) is 2.37. The number of halogens is 3. The fourth-order valence-electron chi connectivity index (χ4n) is 2.65. The summed E-state index contributed by atoms with van der Waals surface area (Å²) in [7, 11) is 0. The zero-order valence-electron chi connectivity index (χ0n) is 11.5. The van der Waals surface area contributed by atoms with Gasteiger partial charge in [0.2, 0.25) is 0 Å². The summed E-state index contributed by atoms with van der Waals surface area (Å²) in [6.45, 7) is 8.23. The summed E-state index contributed by atoms with van der Waals surface area (Å²) in [6.07, 6.45) is 1.03. The molecule has 1 aliphatic heterocycles. The van der Waals surface area contributed by atoms with E-state index in [-0.39, 0.29) is 30.6 Å². The van der Waals surface area contributed by atoms with Crippen molar-refractivity contribution in [1.82, 2.24) is 10.2 Å². The van der Waals surface area contributed by atoms with Gasteiger partial charge in [-0.15, -0.1) is 24.8 Å². The minimum Gasteiger partial charge on any atom is -0.314 e. The second-order valence-electron chi connectivity index (χ2n) is 4.66. The Bertz CT molecular complexity index is 382. The normalized spacial score (nSPS) is 17.2. The van der Waals surface area contributed by atoms with Gasteiger partial charge in [0.05, 0.1) is 0 Å². The predicted octanol–water partition coefficient (Wildman–Crippen LogP) is 3.33. The van der Waals surface area contributed by atoms with Gasteiger partial charge in [0.15, 0.2) is 0 Å². The van der Waals surface area contributed by atoms with Crippen LogP contribution in [-0.4, -0.2) is 31.1 Å². The Balaban J connectivity index is 0.00000162. The molecule has 1 saturated heterocycles. The summed E-state index contributed by atoms with van der Waals surface area (Å²) >= 11 is 0. The zero-order chi connectivity index (χ0) is 12.3. The predicted molar refractivity (Wildman–Crippen MR) is 83.1 cm³/mol. The Hall–Kier alpha value is -0.350. The first-order chi connectivity index (χ1) is 8.24. The maximum atomic E-state index is 13.6. The largest absolute Gasteiger partial charge is 0.314 e. The van der Waals surface area contributed by atoms with Gasteiger partial charge in [-0.2, -0.15) is 0 Å². The van der Waals surface area contributed by atoms with E-state index >= 15 is 0 Å². The van der Waals surface area contributed by atoms with E-state index in [4.69, 9.17) is 0 Å². The molecule has 1 aromatic rings. The molecule has 0 aliphatic carbocycles. The lowest BCUT2D eigenvalue weighted by molar-refractivity contribution is 0.168. The van der Waals surface area contributed by atoms with Crippen LogP contribution < -0.4 is 5.32 Å². The van der Waals surface area contributed by atoms with Crippen LogP contribution in [0.5, 0.6) is 0 Å². The average molecular weight is 309 g/mol. The highest BCUT2D eigenvalue weighted by atomic mass is 35.5. The fraction of sp³-hybridized carbons (Fsp3) is 0.571. The van der Waals surface area contributed by atoms with E-state index in [2.05, 4.69) is 23.2 Å². The lowest BCUT2D eigenvalue weighted by atomic mass is 9.97. The number of hydrogen-bond donors (Lipinski definition) is 1. The molecule has 2 rings (SSSR count). The third kappa shape index (κ3) is 4.32. The van der Waals surface area contributed by atoms with Crippen LogP contribution in [0.15, 0.2) is 18.2 Å². The number of piperazine rings is 1. The van der Waals surface area contributed by atoms with Crippen LogP contribution in [0.1, 0.15) is 30.5 Å². The Labute approximate surface area is 127 Å². The van der Waals surface area contributed by atoms with Crippen LogP contribution in [0.4, 0.5) is 4.39 Å². The summed E-state index contributed by atoms with van der Waals surface area (Å²) in [5, 5.41) is 3.36. The van der Waals surface area contributed by atoms with E-state index in [1.807, 2.05) is 13.0 Å². The van der Waals surface area contributed by atoms with Crippen molar-refractivity contribution in [3.63, 3.8) is 0 Å².